The molecule has 0 N–H and O–H groups in total. The van der Waals surface area contributed by atoms with Crippen LogP contribution in [0.3, 0.4) is 0 Å². The molecule has 0 saturated heterocycles. The van der Waals surface area contributed by atoms with Gasteiger partial charge in [-0.3, -0.25) is 4.79 Å². The number of rotatable bonds is 3. The maximum atomic E-state index is 12.8. The summed E-state index contributed by atoms with van der Waals surface area (Å²) < 4.78 is 27.6. The number of hydrogen-bond donors (Lipinski definition) is 0. The van der Waals surface area contributed by atoms with E-state index in [-0.39, 0.29) is 13.1 Å². The van der Waals surface area contributed by atoms with E-state index in [1.54, 1.807) is 48.5 Å². The molecule has 116 valence electrons. The fraction of sp³-hybridized carbons (Fsp3) is 0.118. The van der Waals surface area contributed by atoms with Crippen LogP contribution in [0.2, 0.25) is 0 Å². The standard InChI is InChI=1S/C17H14N2O3S/c1-2-12-18-16-11-7-6-10-15(16)17(20)19(23(18,21)22)13-14-8-4-3-5-9-14/h1,3-11H,12-13H2. The van der Waals surface area contributed by atoms with Crippen LogP contribution in [0.5, 0.6) is 0 Å². The molecule has 1 aliphatic rings. The van der Waals surface area contributed by atoms with Crippen LogP contribution >= 0.6 is 0 Å². The number of benzene rings is 2. The van der Waals surface area contributed by atoms with Crippen molar-refractivity contribution in [2.45, 2.75) is 6.54 Å². The lowest BCUT2D eigenvalue weighted by molar-refractivity contribution is 0.0851. The molecule has 5 nitrogen and oxygen atoms in total. The average molecular weight is 326 g/mol. The Morgan fingerprint density at radius 2 is 1.61 bits per heavy atom. The van der Waals surface area contributed by atoms with Gasteiger partial charge in [0, 0.05) is 0 Å². The second-order valence-electron chi connectivity index (χ2n) is 5.03. The number of carbonyl (C=O) groups is 1. The number of amides is 1. The molecule has 2 aromatic carbocycles. The number of anilines is 1. The first-order valence-corrected chi connectivity index (χ1v) is 8.36. The second kappa shape index (κ2) is 5.78. The maximum Gasteiger partial charge on any atom is 0.330 e. The van der Waals surface area contributed by atoms with E-state index < -0.39 is 16.1 Å². The zero-order chi connectivity index (χ0) is 16.4. The van der Waals surface area contributed by atoms with Gasteiger partial charge in [-0.1, -0.05) is 48.4 Å². The van der Waals surface area contributed by atoms with Gasteiger partial charge in [0.2, 0.25) is 0 Å². The van der Waals surface area contributed by atoms with E-state index in [4.69, 9.17) is 6.42 Å². The number of hydrogen-bond acceptors (Lipinski definition) is 3. The molecule has 0 aromatic heterocycles. The van der Waals surface area contributed by atoms with Gasteiger partial charge >= 0.3 is 10.2 Å². The largest absolute Gasteiger partial charge is 0.330 e. The van der Waals surface area contributed by atoms with Gasteiger partial charge in [-0.05, 0) is 17.7 Å². The molecule has 1 amide bonds. The van der Waals surface area contributed by atoms with Crippen LogP contribution in [-0.2, 0) is 16.8 Å². The van der Waals surface area contributed by atoms with E-state index >= 15 is 0 Å². The van der Waals surface area contributed by atoms with Crippen LogP contribution in [0.15, 0.2) is 54.6 Å². The topological polar surface area (TPSA) is 57.7 Å². The zero-order valence-electron chi connectivity index (χ0n) is 12.2. The third-order valence-electron chi connectivity index (χ3n) is 3.59. The summed E-state index contributed by atoms with van der Waals surface area (Å²) in [5.41, 5.74) is 1.37. The van der Waals surface area contributed by atoms with Gasteiger partial charge in [-0.25, -0.2) is 8.61 Å². The summed E-state index contributed by atoms with van der Waals surface area (Å²) in [6.45, 7) is -0.157. The first-order valence-electron chi connectivity index (χ1n) is 6.97. The molecular formula is C17H14N2O3S. The Morgan fingerprint density at radius 3 is 2.30 bits per heavy atom. The van der Waals surface area contributed by atoms with E-state index in [9.17, 15) is 13.2 Å². The molecule has 3 rings (SSSR count). The Balaban J connectivity index is 2.11. The molecule has 0 aliphatic carbocycles. The lowest BCUT2D eigenvalue weighted by atomic mass is 10.1. The summed E-state index contributed by atoms with van der Waals surface area (Å²) in [6.07, 6.45) is 5.31. The van der Waals surface area contributed by atoms with Gasteiger partial charge in [0.15, 0.2) is 0 Å². The summed E-state index contributed by atoms with van der Waals surface area (Å²) in [6, 6.07) is 15.5. The molecule has 0 atom stereocenters. The number of fused-ring (bicyclic) bond motifs is 1. The SMILES string of the molecule is C#CCN1c2ccccc2C(=O)N(Cc2ccccc2)S1(=O)=O. The number of nitrogens with zero attached hydrogens (tertiary/aromatic N) is 2. The average Bonchev–Trinajstić information content (AvgIpc) is 2.56. The van der Waals surface area contributed by atoms with Gasteiger partial charge in [-0.15, -0.1) is 6.42 Å². The van der Waals surface area contributed by atoms with Crippen molar-refractivity contribution in [1.82, 2.24) is 4.31 Å². The number of para-hydroxylation sites is 1. The summed E-state index contributed by atoms with van der Waals surface area (Å²) in [5, 5.41) is 0. The fourth-order valence-corrected chi connectivity index (χ4v) is 4.01. The van der Waals surface area contributed by atoms with Gasteiger partial charge in [0.25, 0.3) is 5.91 Å². The molecular weight excluding hydrogens is 312 g/mol. The smallest absolute Gasteiger partial charge is 0.268 e. The third kappa shape index (κ3) is 2.56. The molecule has 0 saturated carbocycles. The number of carbonyl (C=O) groups excluding carboxylic acids is 1. The highest BCUT2D eigenvalue weighted by Crippen LogP contribution is 2.32. The highest BCUT2D eigenvalue weighted by atomic mass is 32.2. The molecule has 23 heavy (non-hydrogen) atoms. The normalized spacial score (nSPS) is 15.9. The van der Waals surface area contributed by atoms with E-state index in [1.165, 1.54) is 0 Å². The minimum absolute atomic E-state index is 0.0303. The Kier molecular flexibility index (Phi) is 3.80. The fourth-order valence-electron chi connectivity index (χ4n) is 2.51. The molecule has 6 heteroatoms. The maximum absolute atomic E-state index is 12.8. The molecule has 1 heterocycles. The van der Waals surface area contributed by atoms with Crippen LogP contribution < -0.4 is 4.31 Å². The summed E-state index contributed by atoms with van der Waals surface area (Å²) in [7, 11) is -4.01. The molecule has 0 spiro atoms. The summed E-state index contributed by atoms with van der Waals surface area (Å²) in [4.78, 5) is 12.7. The van der Waals surface area contributed by atoms with Crippen LogP contribution in [0, 0.1) is 12.3 Å². The first-order chi connectivity index (χ1) is 11.1. The van der Waals surface area contributed by atoms with Gasteiger partial charge in [0.05, 0.1) is 24.3 Å². The van der Waals surface area contributed by atoms with Gasteiger partial charge in [0.1, 0.15) is 0 Å². The highest BCUT2D eigenvalue weighted by molar-refractivity contribution is 7.91. The molecule has 0 bridgehead atoms. The third-order valence-corrected chi connectivity index (χ3v) is 5.33. The van der Waals surface area contributed by atoms with E-state index in [0.717, 1.165) is 14.2 Å². The Hall–Kier alpha value is -2.78. The van der Waals surface area contributed by atoms with Crippen molar-refractivity contribution in [1.29, 1.82) is 0 Å². The van der Waals surface area contributed by atoms with Crippen LogP contribution in [0.4, 0.5) is 5.69 Å². The van der Waals surface area contributed by atoms with Crippen LogP contribution in [0.25, 0.3) is 0 Å². The van der Waals surface area contributed by atoms with Crippen molar-refractivity contribution in [3.8, 4) is 12.3 Å². The number of terminal acetylenes is 1. The minimum atomic E-state index is -4.01. The quantitative estimate of drug-likeness (QED) is 0.811. The summed E-state index contributed by atoms with van der Waals surface area (Å²) in [5.74, 6) is 1.80. The summed E-state index contributed by atoms with van der Waals surface area (Å²) >= 11 is 0. The van der Waals surface area contributed by atoms with Crippen molar-refractivity contribution < 1.29 is 13.2 Å². The predicted octanol–water partition coefficient (Wildman–Crippen LogP) is 2.03. The Morgan fingerprint density at radius 1 is 0.957 bits per heavy atom. The van der Waals surface area contributed by atoms with Crippen molar-refractivity contribution >= 4 is 21.8 Å². The van der Waals surface area contributed by atoms with Gasteiger partial charge < -0.3 is 0 Å². The molecule has 1 aliphatic heterocycles. The van der Waals surface area contributed by atoms with Gasteiger partial charge in [-0.2, -0.15) is 8.42 Å². The Bertz CT molecular complexity index is 886. The monoisotopic (exact) mass is 326 g/mol. The lowest BCUT2D eigenvalue weighted by Gasteiger charge is -2.35. The Labute approximate surface area is 135 Å². The van der Waals surface area contributed by atoms with Crippen molar-refractivity contribution in [2.24, 2.45) is 0 Å². The minimum Gasteiger partial charge on any atom is -0.268 e. The molecule has 0 radical (unpaired) electrons. The predicted molar refractivity (Wildman–Crippen MR) is 87.9 cm³/mol. The van der Waals surface area contributed by atoms with Crippen molar-refractivity contribution in [2.75, 3.05) is 10.8 Å². The molecule has 2 aromatic rings. The first kappa shape index (κ1) is 15.1. The zero-order valence-corrected chi connectivity index (χ0v) is 13.0. The lowest BCUT2D eigenvalue weighted by Crippen LogP contribution is -2.51. The van der Waals surface area contributed by atoms with Crippen molar-refractivity contribution in [3.63, 3.8) is 0 Å². The van der Waals surface area contributed by atoms with Crippen LogP contribution in [-0.4, -0.2) is 25.2 Å². The van der Waals surface area contributed by atoms with Crippen molar-refractivity contribution in [3.05, 3.63) is 65.7 Å². The van der Waals surface area contributed by atoms with E-state index in [2.05, 4.69) is 5.92 Å². The second-order valence-corrected chi connectivity index (χ2v) is 6.81. The van der Waals surface area contributed by atoms with E-state index in [0.29, 0.717) is 11.3 Å². The molecule has 0 fully saturated rings. The molecule has 0 unspecified atom stereocenters. The highest BCUT2D eigenvalue weighted by Gasteiger charge is 2.41. The van der Waals surface area contributed by atoms with Crippen LogP contribution in [0.1, 0.15) is 15.9 Å². The van der Waals surface area contributed by atoms with E-state index in [1.807, 2.05) is 6.07 Å².